The van der Waals surface area contributed by atoms with Crippen LogP contribution < -0.4 is 38.2 Å². The first-order chi connectivity index (χ1) is 24.2. The van der Waals surface area contributed by atoms with Crippen molar-refractivity contribution in [2.75, 3.05) is 0 Å². The Hall–Kier alpha value is -5.42. The molecule has 0 unspecified atom stereocenters. The molecular formula is C39H32B7N3O. The van der Waals surface area contributed by atoms with Crippen molar-refractivity contribution in [1.82, 2.24) is 15.0 Å². The van der Waals surface area contributed by atoms with Gasteiger partial charge in [-0.2, -0.15) is 0 Å². The molecule has 0 saturated carbocycles. The molecule has 8 aromatic rings. The molecule has 0 aliphatic carbocycles. The number of fused-ring (bicyclic) bond motifs is 3. The molecule has 0 spiro atoms. The van der Waals surface area contributed by atoms with Crippen LogP contribution in [0, 0.1) is 0 Å². The number of benzene rings is 6. The van der Waals surface area contributed by atoms with E-state index in [1.807, 2.05) is 12.1 Å². The molecule has 11 heteroatoms. The zero-order valence-electron chi connectivity index (χ0n) is 29.6. The molecule has 0 N–H and O–H groups in total. The van der Waals surface area contributed by atoms with E-state index in [1.165, 1.54) is 38.4 Å². The van der Waals surface area contributed by atoms with Crippen molar-refractivity contribution in [2.24, 2.45) is 0 Å². The van der Waals surface area contributed by atoms with Crippen LogP contribution in [0.3, 0.4) is 0 Å². The van der Waals surface area contributed by atoms with E-state index < -0.39 is 0 Å². The Morgan fingerprint density at radius 3 is 1.16 bits per heavy atom. The van der Waals surface area contributed by atoms with E-state index in [1.54, 1.807) is 0 Å². The number of hydrogen-bond donors (Lipinski definition) is 0. The number of aromatic nitrogens is 3. The third-order valence-electron chi connectivity index (χ3n) is 10.8. The molecule has 6 aromatic carbocycles. The molecule has 8 rings (SSSR count). The number of hydrogen-bond acceptors (Lipinski definition) is 4. The van der Waals surface area contributed by atoms with Gasteiger partial charge >= 0.3 is 0 Å². The number of rotatable bonds is 5. The van der Waals surface area contributed by atoms with Gasteiger partial charge in [-0.1, -0.05) is 142 Å². The smallest absolute Gasteiger partial charge is 0.164 e. The Bertz CT molecular complexity index is 2490. The second-order valence-electron chi connectivity index (χ2n) is 13.5. The maximum absolute atomic E-state index is 6.80. The van der Waals surface area contributed by atoms with Gasteiger partial charge in [0.15, 0.2) is 17.5 Å². The molecule has 0 atom stereocenters. The van der Waals surface area contributed by atoms with Gasteiger partial charge in [0.25, 0.3) is 0 Å². The average molecular weight is 634 g/mol. The molecule has 0 radical (unpaired) electrons. The maximum Gasteiger partial charge on any atom is 0.164 e. The molecule has 2 heterocycles. The van der Waals surface area contributed by atoms with Crippen LogP contribution in [0.4, 0.5) is 0 Å². The van der Waals surface area contributed by atoms with Crippen LogP contribution in [0.1, 0.15) is 0 Å². The third-order valence-corrected chi connectivity index (χ3v) is 10.8. The average Bonchev–Trinajstić information content (AvgIpc) is 3.57. The van der Waals surface area contributed by atoms with Gasteiger partial charge in [0.1, 0.15) is 66.1 Å². The van der Waals surface area contributed by atoms with Crippen LogP contribution in [0.15, 0.2) is 114 Å². The predicted octanol–water partition coefficient (Wildman–Crippen LogP) is -2.09. The van der Waals surface area contributed by atoms with Crippen molar-refractivity contribution in [3.05, 3.63) is 109 Å². The van der Waals surface area contributed by atoms with Crippen LogP contribution in [0.5, 0.6) is 0 Å². The standard InChI is InChI=1S/C39H32B7N3O/c40-28-26-25-27(29(41)31(43)33(45)35(25)50-36(26)34(46)32(44)30(28)42)39-48-37(23-15-11-21(12-16-23)19-7-3-1-4-8-19)47-38(49-39)24-17-13-22(14-18-24)20-9-5-2-6-10-20/h1-18H,40-46H2. The minimum absolute atomic E-state index is 0.634. The molecule has 0 fully saturated rings. The highest BCUT2D eigenvalue weighted by molar-refractivity contribution is 6.68. The molecule has 0 aliphatic rings. The first-order valence-corrected chi connectivity index (χ1v) is 17.2. The summed E-state index contributed by atoms with van der Waals surface area (Å²) >= 11 is 0. The lowest BCUT2D eigenvalue weighted by Gasteiger charge is -2.16. The minimum Gasteiger partial charge on any atom is -0.457 e. The lowest BCUT2D eigenvalue weighted by Crippen LogP contribution is -2.47. The van der Waals surface area contributed by atoms with Crippen LogP contribution in [0.25, 0.3) is 78.4 Å². The quantitative estimate of drug-likeness (QED) is 0.204. The highest BCUT2D eigenvalue weighted by atomic mass is 16.3. The molecule has 4 nitrogen and oxygen atoms in total. The van der Waals surface area contributed by atoms with E-state index in [0.29, 0.717) is 17.5 Å². The third kappa shape index (κ3) is 5.24. The lowest BCUT2D eigenvalue weighted by molar-refractivity contribution is 0.675. The first-order valence-electron chi connectivity index (χ1n) is 17.2. The Morgan fingerprint density at radius 2 is 0.680 bits per heavy atom. The summed E-state index contributed by atoms with van der Waals surface area (Å²) in [4.78, 5) is 15.6. The Labute approximate surface area is 299 Å². The fourth-order valence-corrected chi connectivity index (χ4v) is 7.21. The highest BCUT2D eigenvalue weighted by Gasteiger charge is 2.25. The maximum atomic E-state index is 6.80. The Kier molecular flexibility index (Phi) is 7.94. The van der Waals surface area contributed by atoms with E-state index in [4.69, 9.17) is 19.4 Å². The van der Waals surface area contributed by atoms with Crippen LogP contribution >= 0.6 is 0 Å². The molecule has 50 heavy (non-hydrogen) atoms. The summed E-state index contributed by atoms with van der Waals surface area (Å²) in [5.41, 5.74) is 17.8. The van der Waals surface area contributed by atoms with Gasteiger partial charge < -0.3 is 4.42 Å². The zero-order valence-corrected chi connectivity index (χ0v) is 29.6. The Balaban J connectivity index is 1.39. The Morgan fingerprint density at radius 1 is 0.320 bits per heavy atom. The van der Waals surface area contributed by atoms with Crippen molar-refractivity contribution in [3.63, 3.8) is 0 Å². The van der Waals surface area contributed by atoms with Crippen LogP contribution in [0.2, 0.25) is 0 Å². The van der Waals surface area contributed by atoms with Crippen molar-refractivity contribution >= 4 is 115 Å². The minimum atomic E-state index is 0.634. The fourth-order valence-electron chi connectivity index (χ4n) is 7.21. The van der Waals surface area contributed by atoms with Gasteiger partial charge in [0.05, 0.1) is 0 Å². The van der Waals surface area contributed by atoms with Crippen LogP contribution in [-0.4, -0.2) is 69.9 Å². The van der Waals surface area contributed by atoms with Crippen molar-refractivity contribution in [1.29, 1.82) is 0 Å². The summed E-state index contributed by atoms with van der Waals surface area (Å²) in [5.74, 6) is 1.92. The van der Waals surface area contributed by atoms with Crippen molar-refractivity contribution in [3.8, 4) is 56.4 Å². The monoisotopic (exact) mass is 635 g/mol. The summed E-state index contributed by atoms with van der Waals surface area (Å²) < 4.78 is 6.80. The van der Waals surface area contributed by atoms with E-state index in [9.17, 15) is 0 Å². The van der Waals surface area contributed by atoms with Gasteiger partial charge in [-0.05, 0) is 22.3 Å². The van der Waals surface area contributed by atoms with Gasteiger partial charge in [-0.3, -0.25) is 0 Å². The predicted molar refractivity (Wildman–Crippen MR) is 232 cm³/mol. The number of furan rings is 1. The molecule has 0 amide bonds. The molecule has 230 valence electrons. The lowest BCUT2D eigenvalue weighted by atomic mass is 9.64. The van der Waals surface area contributed by atoms with Crippen molar-refractivity contribution in [2.45, 2.75) is 0 Å². The molecule has 0 bridgehead atoms. The summed E-state index contributed by atoms with van der Waals surface area (Å²) in [6.07, 6.45) is 0. The summed E-state index contributed by atoms with van der Waals surface area (Å²) in [6, 6.07) is 37.9. The van der Waals surface area contributed by atoms with Gasteiger partial charge in [0.2, 0.25) is 0 Å². The first kappa shape index (κ1) is 31.8. The SMILES string of the molecule is Bc1c(B)c(B)c2c(oc3c(B)c(B)c(B)c(-c4nc(-c5ccc(-c6ccccc6)cc5)nc(-c5ccc(-c6ccccc6)cc5)n4)c32)c1B. The molecule has 0 aliphatic heterocycles. The summed E-state index contributed by atoms with van der Waals surface area (Å²) in [6.45, 7) is 0. The van der Waals surface area contributed by atoms with Gasteiger partial charge in [-0.25, -0.2) is 15.0 Å². The fraction of sp³-hybridized carbons (Fsp3) is 0. The van der Waals surface area contributed by atoms with Gasteiger partial charge in [-0.15, -0.1) is 5.46 Å². The van der Waals surface area contributed by atoms with Crippen LogP contribution in [-0.2, 0) is 0 Å². The second-order valence-corrected chi connectivity index (χ2v) is 13.5. The molecule has 2 aromatic heterocycles. The van der Waals surface area contributed by atoms with Gasteiger partial charge in [0, 0.05) is 27.5 Å². The summed E-state index contributed by atoms with van der Waals surface area (Å²) in [5, 5.41) is 2.22. The summed E-state index contributed by atoms with van der Waals surface area (Å²) in [7, 11) is 15.3. The van der Waals surface area contributed by atoms with E-state index in [-0.39, 0.29) is 0 Å². The molecular weight excluding hydrogens is 602 g/mol. The van der Waals surface area contributed by atoms with E-state index in [2.05, 4.69) is 152 Å². The largest absolute Gasteiger partial charge is 0.457 e. The highest BCUT2D eigenvalue weighted by Crippen LogP contribution is 2.33. The zero-order chi connectivity index (χ0) is 34.7. The second kappa shape index (κ2) is 12.5. The van der Waals surface area contributed by atoms with Crippen molar-refractivity contribution < 1.29 is 4.42 Å². The normalized spacial score (nSPS) is 11.4. The number of nitrogens with zero attached hydrogens (tertiary/aromatic N) is 3. The topological polar surface area (TPSA) is 51.8 Å². The van der Waals surface area contributed by atoms with E-state index in [0.717, 1.165) is 60.7 Å². The van der Waals surface area contributed by atoms with E-state index >= 15 is 0 Å². The molecule has 0 saturated heterocycles.